The molecule has 3 aromatic rings. The predicted octanol–water partition coefficient (Wildman–Crippen LogP) is 3.79. The van der Waals surface area contributed by atoms with E-state index < -0.39 is 0 Å². The Hall–Kier alpha value is -3.15. The van der Waals surface area contributed by atoms with Crippen molar-refractivity contribution >= 4 is 17.2 Å². The van der Waals surface area contributed by atoms with Gasteiger partial charge in [-0.1, -0.05) is 31.4 Å². The quantitative estimate of drug-likeness (QED) is 0.734. The van der Waals surface area contributed by atoms with Crippen LogP contribution in [0.2, 0.25) is 0 Å². The number of fused-ring (bicyclic) bond motifs is 1. The molecule has 0 unspecified atom stereocenters. The van der Waals surface area contributed by atoms with E-state index in [1.807, 2.05) is 24.3 Å². The predicted molar refractivity (Wildman–Crippen MR) is 107 cm³/mol. The minimum atomic E-state index is -0.141. The molecule has 1 saturated carbocycles. The first kappa shape index (κ1) is 18.2. The first-order chi connectivity index (χ1) is 13.7. The van der Waals surface area contributed by atoms with Crippen molar-refractivity contribution in [2.45, 2.75) is 38.7 Å². The number of amides is 1. The second-order valence-electron chi connectivity index (χ2n) is 7.16. The van der Waals surface area contributed by atoms with Gasteiger partial charge in [0.1, 0.15) is 18.0 Å². The smallest absolute Gasteiger partial charge is 0.258 e. The number of carbonyl (C=O) groups excluding carboxylic acids is 1. The van der Waals surface area contributed by atoms with Crippen molar-refractivity contribution in [1.29, 1.82) is 0 Å². The molecule has 1 fully saturated rings. The Balaban J connectivity index is 1.42. The van der Waals surface area contributed by atoms with Crippen molar-refractivity contribution in [2.24, 2.45) is 5.92 Å². The Morgan fingerprint density at radius 3 is 2.82 bits per heavy atom. The second-order valence-corrected chi connectivity index (χ2v) is 7.16. The normalized spacial score (nSPS) is 14.7. The third-order valence-electron chi connectivity index (χ3n) is 5.09. The number of ether oxygens (including phenoxy) is 1. The largest absolute Gasteiger partial charge is 0.487 e. The number of pyridine rings is 1. The van der Waals surface area contributed by atoms with E-state index in [2.05, 4.69) is 10.3 Å². The van der Waals surface area contributed by atoms with E-state index in [9.17, 15) is 9.59 Å². The van der Waals surface area contributed by atoms with Crippen LogP contribution in [0.25, 0.3) is 5.65 Å². The van der Waals surface area contributed by atoms with Gasteiger partial charge in [0.2, 0.25) is 5.91 Å². The molecule has 1 amide bonds. The van der Waals surface area contributed by atoms with Crippen molar-refractivity contribution in [3.05, 3.63) is 70.8 Å². The van der Waals surface area contributed by atoms with Crippen molar-refractivity contribution in [2.75, 3.05) is 5.32 Å². The Kier molecular flexibility index (Phi) is 5.37. The monoisotopic (exact) mass is 377 g/mol. The third kappa shape index (κ3) is 4.22. The number of rotatable bonds is 5. The molecule has 1 aliphatic rings. The van der Waals surface area contributed by atoms with Gasteiger partial charge in [0.05, 0.1) is 5.69 Å². The Morgan fingerprint density at radius 1 is 1.11 bits per heavy atom. The highest BCUT2D eigenvalue weighted by Gasteiger charge is 2.21. The van der Waals surface area contributed by atoms with E-state index in [0.717, 1.165) is 31.4 Å². The number of nitrogens with zero attached hydrogens (tertiary/aromatic N) is 2. The molecule has 0 bridgehead atoms. The zero-order valence-corrected chi connectivity index (χ0v) is 15.6. The lowest BCUT2D eigenvalue weighted by atomic mass is 9.88. The molecular weight excluding hydrogens is 354 g/mol. The van der Waals surface area contributed by atoms with Crippen LogP contribution in [0.5, 0.6) is 5.75 Å². The van der Waals surface area contributed by atoms with Crippen molar-refractivity contribution < 1.29 is 9.53 Å². The average molecular weight is 377 g/mol. The summed E-state index contributed by atoms with van der Waals surface area (Å²) in [5.74, 6) is 0.811. The SMILES string of the molecule is O=C(Nc1cccc(OCc2cc(=O)n3ccccc3n2)c1)C1CCCCC1. The van der Waals surface area contributed by atoms with Gasteiger partial charge in [-0.3, -0.25) is 14.0 Å². The molecule has 2 aromatic heterocycles. The summed E-state index contributed by atoms with van der Waals surface area (Å²) >= 11 is 0. The standard InChI is InChI=1S/C22H23N3O3/c26-21-14-18(23-20-11-4-5-12-25(20)21)15-28-19-10-6-9-17(13-19)24-22(27)16-7-2-1-3-8-16/h4-6,9-14,16H,1-3,7-8,15H2,(H,24,27). The zero-order valence-electron chi connectivity index (χ0n) is 15.6. The maximum atomic E-state index is 12.4. The fraction of sp³-hybridized carbons (Fsp3) is 0.318. The van der Waals surface area contributed by atoms with E-state index in [1.165, 1.54) is 16.9 Å². The summed E-state index contributed by atoms with van der Waals surface area (Å²) in [6.07, 6.45) is 7.09. The number of nitrogens with one attached hydrogen (secondary N) is 1. The first-order valence-electron chi connectivity index (χ1n) is 9.70. The van der Waals surface area contributed by atoms with Crippen LogP contribution >= 0.6 is 0 Å². The van der Waals surface area contributed by atoms with Crippen molar-refractivity contribution in [3.8, 4) is 5.75 Å². The summed E-state index contributed by atoms with van der Waals surface area (Å²) in [4.78, 5) is 29.0. The topological polar surface area (TPSA) is 72.7 Å². The number of hydrogen-bond acceptors (Lipinski definition) is 4. The van der Waals surface area contributed by atoms with E-state index in [0.29, 0.717) is 17.1 Å². The van der Waals surface area contributed by atoms with Gasteiger partial charge < -0.3 is 10.1 Å². The molecule has 0 saturated heterocycles. The lowest BCUT2D eigenvalue weighted by molar-refractivity contribution is -0.120. The van der Waals surface area contributed by atoms with Crippen LogP contribution in [0.3, 0.4) is 0 Å². The van der Waals surface area contributed by atoms with Crippen molar-refractivity contribution in [1.82, 2.24) is 9.38 Å². The summed E-state index contributed by atoms with van der Waals surface area (Å²) < 4.78 is 7.29. The number of benzene rings is 1. The Labute approximate surface area is 163 Å². The minimum absolute atomic E-state index is 0.0843. The highest BCUT2D eigenvalue weighted by molar-refractivity contribution is 5.92. The fourth-order valence-corrected chi connectivity index (χ4v) is 3.61. The summed E-state index contributed by atoms with van der Waals surface area (Å²) in [6, 6.07) is 14.2. The van der Waals surface area contributed by atoms with Crippen LogP contribution in [0.15, 0.2) is 59.5 Å². The summed E-state index contributed by atoms with van der Waals surface area (Å²) in [7, 11) is 0. The maximum absolute atomic E-state index is 12.4. The Morgan fingerprint density at radius 2 is 1.96 bits per heavy atom. The second kappa shape index (κ2) is 8.25. The van der Waals surface area contributed by atoms with Gasteiger partial charge in [0.25, 0.3) is 5.56 Å². The van der Waals surface area contributed by atoms with E-state index in [4.69, 9.17) is 4.74 Å². The zero-order chi connectivity index (χ0) is 19.3. The van der Waals surface area contributed by atoms with Crippen LogP contribution in [-0.2, 0) is 11.4 Å². The average Bonchev–Trinajstić information content (AvgIpc) is 2.73. The minimum Gasteiger partial charge on any atom is -0.487 e. The number of aromatic nitrogens is 2. The molecule has 144 valence electrons. The molecule has 2 heterocycles. The van der Waals surface area contributed by atoms with Crippen LogP contribution < -0.4 is 15.6 Å². The van der Waals surface area contributed by atoms with Gasteiger partial charge in [-0.05, 0) is 37.1 Å². The van der Waals surface area contributed by atoms with Crippen molar-refractivity contribution in [3.63, 3.8) is 0 Å². The maximum Gasteiger partial charge on any atom is 0.258 e. The lowest BCUT2D eigenvalue weighted by Crippen LogP contribution is -2.24. The van der Waals surface area contributed by atoms with E-state index >= 15 is 0 Å². The summed E-state index contributed by atoms with van der Waals surface area (Å²) in [5.41, 5.74) is 1.73. The van der Waals surface area contributed by atoms with E-state index in [1.54, 1.807) is 24.4 Å². The summed E-state index contributed by atoms with van der Waals surface area (Å²) in [5, 5.41) is 3.00. The van der Waals surface area contributed by atoms with Gasteiger partial charge in [-0.2, -0.15) is 0 Å². The van der Waals surface area contributed by atoms with Gasteiger partial charge in [0, 0.05) is 29.9 Å². The first-order valence-corrected chi connectivity index (χ1v) is 9.70. The Bertz CT molecular complexity index is 1040. The van der Waals surface area contributed by atoms with Gasteiger partial charge in [0.15, 0.2) is 0 Å². The molecule has 1 aliphatic carbocycles. The van der Waals surface area contributed by atoms with Crippen LogP contribution in [0.4, 0.5) is 5.69 Å². The fourth-order valence-electron chi connectivity index (χ4n) is 3.61. The highest BCUT2D eigenvalue weighted by atomic mass is 16.5. The molecule has 6 heteroatoms. The highest BCUT2D eigenvalue weighted by Crippen LogP contribution is 2.26. The number of carbonyl (C=O) groups is 1. The van der Waals surface area contributed by atoms with Gasteiger partial charge in [-0.25, -0.2) is 4.98 Å². The molecule has 0 spiro atoms. The molecular formula is C22H23N3O3. The summed E-state index contributed by atoms with van der Waals surface area (Å²) in [6.45, 7) is 0.181. The van der Waals surface area contributed by atoms with Crippen LogP contribution in [-0.4, -0.2) is 15.3 Å². The molecule has 0 aliphatic heterocycles. The van der Waals surface area contributed by atoms with Crippen LogP contribution in [0.1, 0.15) is 37.8 Å². The van der Waals surface area contributed by atoms with E-state index in [-0.39, 0.29) is 24.0 Å². The molecule has 1 N–H and O–H groups in total. The number of anilines is 1. The third-order valence-corrected chi connectivity index (χ3v) is 5.09. The molecule has 1 aromatic carbocycles. The van der Waals surface area contributed by atoms with Gasteiger partial charge in [-0.15, -0.1) is 0 Å². The lowest BCUT2D eigenvalue weighted by Gasteiger charge is -2.20. The molecule has 0 radical (unpaired) electrons. The molecule has 4 rings (SSSR count). The molecule has 0 atom stereocenters. The molecule has 6 nitrogen and oxygen atoms in total. The van der Waals surface area contributed by atoms with Gasteiger partial charge >= 0.3 is 0 Å². The number of hydrogen-bond donors (Lipinski definition) is 1. The van der Waals surface area contributed by atoms with Crippen LogP contribution in [0, 0.1) is 5.92 Å². The molecule has 28 heavy (non-hydrogen) atoms.